The zero-order valence-corrected chi connectivity index (χ0v) is 20.0. The highest BCUT2D eigenvalue weighted by Gasteiger charge is 2.18. The highest BCUT2D eigenvalue weighted by atomic mass is 35.5. The molecule has 1 atom stereocenters. The molecule has 0 aliphatic carbocycles. The number of Topliss-reactive ketones (excluding diaryl/α,β-unsaturated/α-hetero) is 1. The van der Waals surface area contributed by atoms with Crippen molar-refractivity contribution in [2.75, 3.05) is 19.7 Å². The van der Waals surface area contributed by atoms with Gasteiger partial charge in [-0.2, -0.15) is 0 Å². The van der Waals surface area contributed by atoms with Gasteiger partial charge in [-0.3, -0.25) is 4.79 Å². The van der Waals surface area contributed by atoms with E-state index in [1.54, 1.807) is 18.2 Å². The van der Waals surface area contributed by atoms with E-state index in [-0.39, 0.29) is 24.4 Å². The molecule has 0 saturated carbocycles. The molecular weight excluding hydrogens is 434 g/mol. The average Bonchev–Trinajstić information content (AvgIpc) is 2.81. The molecule has 3 aromatic carbocycles. The topological polar surface area (TPSA) is 58.6 Å². The maximum Gasteiger partial charge on any atom is 0.163 e. The molecule has 0 heterocycles. The van der Waals surface area contributed by atoms with E-state index in [4.69, 9.17) is 21.4 Å². The van der Waals surface area contributed by atoms with Gasteiger partial charge >= 0.3 is 0 Å². The molecule has 0 aromatic heterocycles. The fourth-order valence-corrected chi connectivity index (χ4v) is 4.03. The molecule has 3 aromatic rings. The average molecular weight is 466 g/mol. The van der Waals surface area contributed by atoms with Gasteiger partial charge in [0.2, 0.25) is 0 Å². The van der Waals surface area contributed by atoms with E-state index >= 15 is 0 Å². The Balaban J connectivity index is 1.69. The minimum atomic E-state index is 0.0133. The second kappa shape index (κ2) is 12.5. The van der Waals surface area contributed by atoms with Crippen molar-refractivity contribution in [3.05, 3.63) is 88.9 Å². The van der Waals surface area contributed by atoms with Gasteiger partial charge in [-0.1, -0.05) is 66.2 Å². The van der Waals surface area contributed by atoms with Crippen LogP contribution in [0.25, 0.3) is 11.1 Å². The maximum absolute atomic E-state index is 13.0. The molecule has 174 valence electrons. The van der Waals surface area contributed by atoms with Gasteiger partial charge < -0.3 is 15.2 Å². The van der Waals surface area contributed by atoms with E-state index in [1.807, 2.05) is 32.0 Å². The van der Waals surface area contributed by atoms with Crippen molar-refractivity contribution in [1.82, 2.24) is 5.32 Å². The molecule has 5 heteroatoms. The lowest BCUT2D eigenvalue weighted by molar-refractivity contribution is 0.0960. The van der Waals surface area contributed by atoms with E-state index in [2.05, 4.69) is 41.7 Å². The maximum atomic E-state index is 13.0. The fourth-order valence-electron chi connectivity index (χ4n) is 3.80. The largest absolute Gasteiger partial charge is 0.489 e. The lowest BCUT2D eigenvalue weighted by Crippen LogP contribution is -2.28. The predicted molar refractivity (Wildman–Crippen MR) is 135 cm³/mol. The van der Waals surface area contributed by atoms with Gasteiger partial charge in [-0.05, 0) is 67.6 Å². The molecule has 0 saturated heterocycles. The van der Waals surface area contributed by atoms with E-state index in [9.17, 15) is 4.79 Å². The third-order valence-electron chi connectivity index (χ3n) is 5.40. The molecule has 0 aliphatic heterocycles. The van der Waals surface area contributed by atoms with Crippen LogP contribution in [0.2, 0.25) is 5.02 Å². The zero-order valence-electron chi connectivity index (χ0n) is 19.3. The normalized spacial score (nSPS) is 12.0. The fraction of sp³-hybridized carbons (Fsp3) is 0.321. The minimum absolute atomic E-state index is 0.0133. The quantitative estimate of drug-likeness (QED) is 0.262. The van der Waals surface area contributed by atoms with Crippen LogP contribution in [0.4, 0.5) is 0 Å². The van der Waals surface area contributed by atoms with Gasteiger partial charge in [-0.25, -0.2) is 0 Å². The number of carbonyl (C=O) groups excluding carboxylic acids is 1. The Hall–Kier alpha value is -2.66. The molecule has 3 rings (SSSR count). The Kier molecular flexibility index (Phi) is 9.49. The van der Waals surface area contributed by atoms with Crippen LogP contribution in [-0.4, -0.2) is 36.7 Å². The second-order valence-corrected chi connectivity index (χ2v) is 8.91. The van der Waals surface area contributed by atoms with Gasteiger partial charge in [0, 0.05) is 18.5 Å². The first-order valence-electron chi connectivity index (χ1n) is 11.4. The SMILES string of the molecule is CC(C)Oc1ccc(C(=O)C[C@H](CNCCO)Cc2ccc(-c3ccccc3)cc2)cc1Cl. The van der Waals surface area contributed by atoms with Crippen LogP contribution in [0.3, 0.4) is 0 Å². The van der Waals surface area contributed by atoms with Gasteiger partial charge in [0.15, 0.2) is 5.78 Å². The molecule has 4 nitrogen and oxygen atoms in total. The lowest BCUT2D eigenvalue weighted by Gasteiger charge is -2.18. The second-order valence-electron chi connectivity index (χ2n) is 8.50. The van der Waals surface area contributed by atoms with Crippen molar-refractivity contribution >= 4 is 17.4 Å². The first-order chi connectivity index (χ1) is 16.0. The lowest BCUT2D eigenvalue weighted by atomic mass is 9.91. The third-order valence-corrected chi connectivity index (χ3v) is 5.69. The number of benzene rings is 3. The minimum Gasteiger partial charge on any atom is -0.489 e. The van der Waals surface area contributed by atoms with Crippen LogP contribution in [0.5, 0.6) is 5.75 Å². The first-order valence-corrected chi connectivity index (χ1v) is 11.8. The summed E-state index contributed by atoms with van der Waals surface area (Å²) in [6.07, 6.45) is 1.17. The van der Waals surface area contributed by atoms with Crippen molar-refractivity contribution in [2.24, 2.45) is 5.92 Å². The van der Waals surface area contributed by atoms with E-state index in [1.165, 1.54) is 16.7 Å². The van der Waals surface area contributed by atoms with Gasteiger partial charge in [0.1, 0.15) is 5.75 Å². The smallest absolute Gasteiger partial charge is 0.163 e. The number of halogens is 1. The standard InChI is InChI=1S/C28H32ClNO3/c1-20(2)33-28-13-12-25(18-26(28)29)27(32)17-22(19-30-14-15-31)16-21-8-10-24(11-9-21)23-6-4-3-5-7-23/h3-13,18,20,22,30-31H,14-17,19H2,1-2H3/t22-/m1/s1. The summed E-state index contributed by atoms with van der Waals surface area (Å²) >= 11 is 6.33. The zero-order chi connectivity index (χ0) is 23.6. The Morgan fingerprint density at radius 1 is 1.00 bits per heavy atom. The molecule has 0 bridgehead atoms. The van der Waals surface area contributed by atoms with Gasteiger partial charge in [0.25, 0.3) is 0 Å². The predicted octanol–water partition coefficient (Wildman–Crippen LogP) is 5.81. The van der Waals surface area contributed by atoms with Crippen molar-refractivity contribution in [2.45, 2.75) is 32.8 Å². The van der Waals surface area contributed by atoms with Crippen molar-refractivity contribution in [1.29, 1.82) is 0 Å². The number of aliphatic hydroxyl groups excluding tert-OH is 1. The number of nitrogens with one attached hydrogen (secondary N) is 1. The summed E-state index contributed by atoms with van der Waals surface area (Å²) in [5.41, 5.74) is 4.12. The summed E-state index contributed by atoms with van der Waals surface area (Å²) in [5, 5.41) is 12.8. The molecular formula is C28H32ClNO3. The summed E-state index contributed by atoms with van der Waals surface area (Å²) in [6, 6.07) is 24.0. The molecule has 0 fully saturated rings. The number of hydrogen-bond donors (Lipinski definition) is 2. The van der Waals surface area contributed by atoms with E-state index in [0.717, 1.165) is 6.42 Å². The molecule has 0 radical (unpaired) electrons. The third kappa shape index (κ3) is 7.71. The molecule has 0 unspecified atom stereocenters. The molecule has 33 heavy (non-hydrogen) atoms. The van der Waals surface area contributed by atoms with E-state index in [0.29, 0.717) is 35.8 Å². The molecule has 0 aliphatic rings. The number of aliphatic hydroxyl groups is 1. The Bertz CT molecular complexity index is 1020. The number of hydrogen-bond acceptors (Lipinski definition) is 4. The summed E-state index contributed by atoms with van der Waals surface area (Å²) in [6.45, 7) is 5.09. The van der Waals surface area contributed by atoms with Crippen LogP contribution in [0.15, 0.2) is 72.8 Å². The molecule has 2 N–H and O–H groups in total. The van der Waals surface area contributed by atoms with Crippen LogP contribution < -0.4 is 10.1 Å². The van der Waals surface area contributed by atoms with Crippen LogP contribution in [0.1, 0.15) is 36.2 Å². The van der Waals surface area contributed by atoms with Crippen molar-refractivity contribution in [3.8, 4) is 16.9 Å². The van der Waals surface area contributed by atoms with Crippen molar-refractivity contribution < 1.29 is 14.6 Å². The van der Waals surface area contributed by atoms with Crippen molar-refractivity contribution in [3.63, 3.8) is 0 Å². The van der Waals surface area contributed by atoms with Crippen LogP contribution in [0, 0.1) is 5.92 Å². The number of ketones is 1. The monoisotopic (exact) mass is 465 g/mol. The summed E-state index contributed by atoms with van der Waals surface area (Å²) in [5.74, 6) is 0.726. The Labute approximate surface area is 201 Å². The number of rotatable bonds is 12. The van der Waals surface area contributed by atoms with Crippen LogP contribution in [-0.2, 0) is 6.42 Å². The first kappa shape index (κ1) is 25.0. The summed E-state index contributed by atoms with van der Waals surface area (Å²) in [4.78, 5) is 13.0. The van der Waals surface area contributed by atoms with Crippen LogP contribution >= 0.6 is 11.6 Å². The number of ether oxygens (including phenoxy) is 1. The van der Waals surface area contributed by atoms with Gasteiger partial charge in [0.05, 0.1) is 17.7 Å². The molecule has 0 amide bonds. The Morgan fingerprint density at radius 2 is 1.70 bits per heavy atom. The van der Waals surface area contributed by atoms with E-state index < -0.39 is 0 Å². The van der Waals surface area contributed by atoms with Gasteiger partial charge in [-0.15, -0.1) is 0 Å². The highest BCUT2D eigenvalue weighted by molar-refractivity contribution is 6.32. The number of carbonyl (C=O) groups is 1. The highest BCUT2D eigenvalue weighted by Crippen LogP contribution is 2.28. The summed E-state index contributed by atoms with van der Waals surface area (Å²) < 4.78 is 5.67. The Morgan fingerprint density at radius 3 is 2.33 bits per heavy atom. The molecule has 0 spiro atoms. The summed E-state index contributed by atoms with van der Waals surface area (Å²) in [7, 11) is 0.